The highest BCUT2D eigenvalue weighted by Gasteiger charge is 2.14. The van der Waals surface area contributed by atoms with Gasteiger partial charge >= 0.3 is 5.97 Å². The number of hydrogen-bond acceptors (Lipinski definition) is 2. The molecule has 0 radical (unpaired) electrons. The number of H-pyrrole nitrogens is 1. The molecule has 2 rings (SSSR count). The first-order valence-corrected chi connectivity index (χ1v) is 4.85. The van der Waals surface area contributed by atoms with Crippen molar-refractivity contribution in [3.63, 3.8) is 0 Å². The summed E-state index contributed by atoms with van der Waals surface area (Å²) in [6.45, 7) is 0. The molecule has 3 nitrogen and oxygen atoms in total. The van der Waals surface area contributed by atoms with E-state index in [0.29, 0.717) is 4.47 Å². The zero-order valence-corrected chi connectivity index (χ0v) is 8.20. The monoisotopic (exact) mass is 245 g/mol. The largest absolute Gasteiger partial charge is 0.477 e. The Balaban J connectivity index is 2.78. The summed E-state index contributed by atoms with van der Waals surface area (Å²) in [5.41, 5.74) is 0.219. The number of nitrogens with one attached hydrogen (secondary N) is 1. The van der Waals surface area contributed by atoms with Crippen molar-refractivity contribution in [3.8, 4) is 0 Å². The smallest absolute Gasteiger partial charge is 0.353 e. The van der Waals surface area contributed by atoms with E-state index >= 15 is 0 Å². The molecular formula is C7H4BrNO2S. The maximum absolute atomic E-state index is 10.6. The van der Waals surface area contributed by atoms with Crippen LogP contribution in [0.15, 0.2) is 15.9 Å². The first kappa shape index (κ1) is 7.82. The molecular weight excluding hydrogens is 242 g/mol. The molecule has 0 bridgehead atoms. The number of thiophene rings is 1. The van der Waals surface area contributed by atoms with Gasteiger partial charge in [-0.3, -0.25) is 0 Å². The Morgan fingerprint density at radius 1 is 1.67 bits per heavy atom. The van der Waals surface area contributed by atoms with Gasteiger partial charge in [0.2, 0.25) is 0 Å². The van der Waals surface area contributed by atoms with Crippen LogP contribution in [-0.4, -0.2) is 16.1 Å². The summed E-state index contributed by atoms with van der Waals surface area (Å²) < 4.78 is 0.631. The van der Waals surface area contributed by atoms with Gasteiger partial charge in [0.05, 0.1) is 4.47 Å². The van der Waals surface area contributed by atoms with Crippen LogP contribution in [0.2, 0.25) is 0 Å². The second-order valence-electron chi connectivity index (χ2n) is 2.28. The van der Waals surface area contributed by atoms with Gasteiger partial charge < -0.3 is 10.1 Å². The van der Waals surface area contributed by atoms with E-state index in [2.05, 4.69) is 20.9 Å². The highest BCUT2D eigenvalue weighted by molar-refractivity contribution is 9.10. The summed E-state index contributed by atoms with van der Waals surface area (Å²) in [7, 11) is 0. The van der Waals surface area contributed by atoms with Gasteiger partial charge in [0.25, 0.3) is 0 Å². The second-order valence-corrected chi connectivity index (χ2v) is 3.99. The van der Waals surface area contributed by atoms with Crippen molar-refractivity contribution in [2.24, 2.45) is 0 Å². The van der Waals surface area contributed by atoms with Crippen molar-refractivity contribution >= 4 is 43.5 Å². The quantitative estimate of drug-likeness (QED) is 0.812. The minimum absolute atomic E-state index is 0.219. The number of halogens is 1. The first-order valence-electron chi connectivity index (χ1n) is 3.18. The Morgan fingerprint density at radius 3 is 3.00 bits per heavy atom. The van der Waals surface area contributed by atoms with Crippen molar-refractivity contribution in [2.75, 3.05) is 0 Å². The summed E-state index contributed by atoms with van der Waals surface area (Å²) in [5, 5.41) is 11.6. The average molecular weight is 246 g/mol. The lowest BCUT2D eigenvalue weighted by Gasteiger charge is -1.87. The van der Waals surface area contributed by atoms with E-state index in [9.17, 15) is 4.79 Å². The number of hydrogen-bond donors (Lipinski definition) is 2. The number of fused-ring (bicyclic) bond motifs is 1. The van der Waals surface area contributed by atoms with Gasteiger partial charge in [0.1, 0.15) is 10.5 Å². The summed E-state index contributed by atoms with van der Waals surface area (Å²) in [6.07, 6.45) is 0. The van der Waals surface area contributed by atoms with Gasteiger partial charge in [-0.15, -0.1) is 11.3 Å². The van der Waals surface area contributed by atoms with Gasteiger partial charge in [0, 0.05) is 5.39 Å². The molecule has 0 fully saturated rings. The molecule has 62 valence electrons. The lowest BCUT2D eigenvalue weighted by molar-refractivity contribution is 0.0690. The van der Waals surface area contributed by atoms with E-state index in [1.54, 1.807) is 0 Å². The fraction of sp³-hybridized carbons (Fsp3) is 0. The maximum Gasteiger partial charge on any atom is 0.353 e. The lowest BCUT2D eigenvalue weighted by Crippen LogP contribution is -1.96. The Labute approximate surface area is 80.2 Å². The van der Waals surface area contributed by atoms with Crippen molar-refractivity contribution in [1.82, 2.24) is 4.98 Å². The zero-order chi connectivity index (χ0) is 8.72. The Kier molecular flexibility index (Phi) is 1.69. The van der Waals surface area contributed by atoms with Crippen LogP contribution in [0.5, 0.6) is 0 Å². The molecule has 0 saturated heterocycles. The van der Waals surface area contributed by atoms with Gasteiger partial charge in [-0.25, -0.2) is 4.79 Å². The minimum Gasteiger partial charge on any atom is -0.477 e. The number of aromatic nitrogens is 1. The standard InChI is InChI=1S/C7H4BrNO2S/c8-4-3-1-2-12-6(3)9-5(4)7(10)11/h1-2,9H,(H,10,11). The molecule has 0 amide bonds. The molecule has 0 atom stereocenters. The molecule has 2 aromatic rings. The number of carboxylic acids is 1. The number of rotatable bonds is 1. The minimum atomic E-state index is -0.940. The topological polar surface area (TPSA) is 53.1 Å². The number of carbonyl (C=O) groups is 1. The van der Waals surface area contributed by atoms with Crippen LogP contribution in [-0.2, 0) is 0 Å². The van der Waals surface area contributed by atoms with Gasteiger partial charge in [-0.05, 0) is 27.4 Å². The molecule has 0 spiro atoms. The molecule has 0 aliphatic rings. The maximum atomic E-state index is 10.6. The van der Waals surface area contributed by atoms with Crippen LogP contribution >= 0.6 is 27.3 Å². The van der Waals surface area contributed by atoms with E-state index in [-0.39, 0.29) is 5.69 Å². The fourth-order valence-corrected chi connectivity index (χ4v) is 2.56. The highest BCUT2D eigenvalue weighted by Crippen LogP contribution is 2.30. The van der Waals surface area contributed by atoms with Crippen molar-refractivity contribution < 1.29 is 9.90 Å². The Hall–Kier alpha value is -0.810. The third-order valence-corrected chi connectivity index (χ3v) is 3.23. The highest BCUT2D eigenvalue weighted by atomic mass is 79.9. The molecule has 0 unspecified atom stereocenters. The van der Waals surface area contributed by atoms with E-state index < -0.39 is 5.97 Å². The fourth-order valence-electron chi connectivity index (χ4n) is 1.03. The molecule has 5 heteroatoms. The van der Waals surface area contributed by atoms with Crippen LogP contribution in [0.3, 0.4) is 0 Å². The molecule has 0 aliphatic carbocycles. The van der Waals surface area contributed by atoms with Crippen molar-refractivity contribution in [2.45, 2.75) is 0 Å². The van der Waals surface area contributed by atoms with E-state index in [1.807, 2.05) is 11.4 Å². The molecule has 2 N–H and O–H groups in total. The molecule has 2 aromatic heterocycles. The van der Waals surface area contributed by atoms with Gasteiger partial charge in [-0.2, -0.15) is 0 Å². The predicted molar refractivity (Wildman–Crippen MR) is 50.8 cm³/mol. The molecule has 12 heavy (non-hydrogen) atoms. The van der Waals surface area contributed by atoms with Gasteiger partial charge in [-0.1, -0.05) is 0 Å². The summed E-state index contributed by atoms with van der Waals surface area (Å²) in [5.74, 6) is -0.940. The number of aromatic amines is 1. The second kappa shape index (κ2) is 2.60. The summed E-state index contributed by atoms with van der Waals surface area (Å²) >= 11 is 4.72. The average Bonchev–Trinajstić information content (AvgIpc) is 2.53. The lowest BCUT2D eigenvalue weighted by atomic mass is 10.4. The molecule has 2 heterocycles. The number of aromatic carboxylic acids is 1. The summed E-state index contributed by atoms with van der Waals surface area (Å²) in [4.78, 5) is 14.3. The van der Waals surface area contributed by atoms with Crippen LogP contribution in [0.25, 0.3) is 10.2 Å². The molecule has 0 aromatic carbocycles. The SMILES string of the molecule is O=C(O)c1[nH]c2sccc2c1Br. The van der Waals surface area contributed by atoms with E-state index in [4.69, 9.17) is 5.11 Å². The van der Waals surface area contributed by atoms with Crippen molar-refractivity contribution in [3.05, 3.63) is 21.6 Å². The van der Waals surface area contributed by atoms with Gasteiger partial charge in [0.15, 0.2) is 0 Å². The first-order chi connectivity index (χ1) is 5.70. The number of carboxylic acid groups (broad SMARTS) is 1. The van der Waals surface area contributed by atoms with Crippen LogP contribution in [0.1, 0.15) is 10.5 Å². The van der Waals surface area contributed by atoms with E-state index in [0.717, 1.165) is 10.2 Å². The Bertz CT molecular complexity index is 445. The van der Waals surface area contributed by atoms with Crippen molar-refractivity contribution in [1.29, 1.82) is 0 Å². The van der Waals surface area contributed by atoms with Crippen LogP contribution in [0.4, 0.5) is 0 Å². The molecule has 0 saturated carbocycles. The third kappa shape index (κ3) is 0.971. The zero-order valence-electron chi connectivity index (χ0n) is 5.80. The normalized spacial score (nSPS) is 10.8. The summed E-state index contributed by atoms with van der Waals surface area (Å²) in [6, 6.07) is 1.88. The predicted octanol–water partition coefficient (Wildman–Crippen LogP) is 2.69. The Morgan fingerprint density at radius 2 is 2.42 bits per heavy atom. The third-order valence-electron chi connectivity index (χ3n) is 1.57. The molecule has 0 aliphatic heterocycles. The van der Waals surface area contributed by atoms with Crippen LogP contribution in [0, 0.1) is 0 Å². The van der Waals surface area contributed by atoms with Crippen LogP contribution < -0.4 is 0 Å². The van der Waals surface area contributed by atoms with E-state index in [1.165, 1.54) is 11.3 Å².